The predicted molar refractivity (Wildman–Crippen MR) is 87.5 cm³/mol. The molecule has 21 heavy (non-hydrogen) atoms. The summed E-state index contributed by atoms with van der Waals surface area (Å²) in [7, 11) is 0. The van der Waals surface area contributed by atoms with E-state index < -0.39 is 0 Å². The van der Waals surface area contributed by atoms with E-state index in [-0.39, 0.29) is 0 Å². The number of nitrogens with two attached hydrogens (primary N) is 1. The van der Waals surface area contributed by atoms with Gasteiger partial charge < -0.3 is 10.3 Å². The molecule has 0 atom stereocenters. The Morgan fingerprint density at radius 2 is 1.67 bits per heavy atom. The van der Waals surface area contributed by atoms with Crippen LogP contribution >= 0.6 is 0 Å². The molecule has 1 aromatic heterocycles. The van der Waals surface area contributed by atoms with Crippen LogP contribution in [0.5, 0.6) is 0 Å². The largest absolute Gasteiger partial charge is 0.330 e. The van der Waals surface area contributed by atoms with Crippen LogP contribution in [0.15, 0.2) is 42.7 Å². The average molecular weight is 279 g/mol. The molecule has 1 heterocycles. The van der Waals surface area contributed by atoms with Gasteiger partial charge in [-0.2, -0.15) is 0 Å². The van der Waals surface area contributed by atoms with Crippen molar-refractivity contribution in [1.29, 1.82) is 0 Å². The van der Waals surface area contributed by atoms with Crippen molar-refractivity contribution >= 4 is 11.0 Å². The van der Waals surface area contributed by atoms with Gasteiger partial charge in [0.25, 0.3) is 0 Å². The van der Waals surface area contributed by atoms with Crippen molar-refractivity contribution in [1.82, 2.24) is 9.55 Å². The highest BCUT2D eigenvalue weighted by Gasteiger charge is 2.05. The number of aromatic nitrogens is 2. The second kappa shape index (κ2) is 5.70. The highest BCUT2D eigenvalue weighted by molar-refractivity contribution is 5.77. The van der Waals surface area contributed by atoms with Crippen molar-refractivity contribution in [2.24, 2.45) is 5.73 Å². The fourth-order valence-corrected chi connectivity index (χ4v) is 2.61. The van der Waals surface area contributed by atoms with Gasteiger partial charge in [0.15, 0.2) is 0 Å². The highest BCUT2D eigenvalue weighted by atomic mass is 15.0. The quantitative estimate of drug-likeness (QED) is 0.797. The van der Waals surface area contributed by atoms with Crippen LogP contribution in [0.1, 0.15) is 22.3 Å². The van der Waals surface area contributed by atoms with Crippen LogP contribution in [-0.4, -0.2) is 16.1 Å². The molecule has 0 aliphatic heterocycles. The summed E-state index contributed by atoms with van der Waals surface area (Å²) >= 11 is 0. The van der Waals surface area contributed by atoms with Gasteiger partial charge >= 0.3 is 0 Å². The smallest absolute Gasteiger partial charge is 0.0961 e. The Morgan fingerprint density at radius 3 is 2.38 bits per heavy atom. The number of fused-ring (bicyclic) bond motifs is 1. The lowest BCUT2D eigenvalue weighted by Crippen LogP contribution is -2.03. The van der Waals surface area contributed by atoms with Gasteiger partial charge in [-0.15, -0.1) is 0 Å². The second-order valence-electron chi connectivity index (χ2n) is 5.65. The molecule has 3 aromatic rings. The van der Waals surface area contributed by atoms with Gasteiger partial charge in [-0.3, -0.25) is 0 Å². The normalized spacial score (nSPS) is 11.2. The Hall–Kier alpha value is -2.13. The van der Waals surface area contributed by atoms with Crippen LogP contribution in [0.3, 0.4) is 0 Å². The maximum atomic E-state index is 5.58. The van der Waals surface area contributed by atoms with Crippen molar-refractivity contribution in [3.8, 4) is 0 Å². The third-order valence-electron chi connectivity index (χ3n) is 4.05. The third-order valence-corrected chi connectivity index (χ3v) is 4.05. The first-order valence-corrected chi connectivity index (χ1v) is 7.37. The number of nitrogens with zero attached hydrogens (tertiary/aromatic N) is 2. The third kappa shape index (κ3) is 2.83. The van der Waals surface area contributed by atoms with Gasteiger partial charge in [-0.25, -0.2) is 4.98 Å². The van der Waals surface area contributed by atoms with Crippen LogP contribution in [0.4, 0.5) is 0 Å². The minimum Gasteiger partial charge on any atom is -0.330 e. The molecule has 0 aliphatic rings. The number of rotatable bonds is 4. The van der Waals surface area contributed by atoms with Gasteiger partial charge in [-0.05, 0) is 61.2 Å². The molecule has 3 rings (SSSR count). The first-order chi connectivity index (χ1) is 10.2. The summed E-state index contributed by atoms with van der Waals surface area (Å²) in [4.78, 5) is 4.51. The average Bonchev–Trinajstić information content (AvgIpc) is 2.84. The highest BCUT2D eigenvalue weighted by Crippen LogP contribution is 2.19. The number of aryl methyl sites for hydroxylation is 2. The summed E-state index contributed by atoms with van der Waals surface area (Å²) in [6.45, 7) is 5.82. The van der Waals surface area contributed by atoms with Crippen LogP contribution in [0.2, 0.25) is 0 Å². The van der Waals surface area contributed by atoms with Crippen molar-refractivity contribution in [2.75, 3.05) is 6.54 Å². The summed E-state index contributed by atoms with van der Waals surface area (Å²) in [5.74, 6) is 0. The molecule has 108 valence electrons. The molecule has 0 radical (unpaired) electrons. The Morgan fingerprint density at radius 1 is 1.00 bits per heavy atom. The monoisotopic (exact) mass is 279 g/mol. The van der Waals surface area contributed by atoms with E-state index >= 15 is 0 Å². The van der Waals surface area contributed by atoms with E-state index in [4.69, 9.17) is 5.73 Å². The van der Waals surface area contributed by atoms with Crippen LogP contribution in [0, 0.1) is 13.8 Å². The van der Waals surface area contributed by atoms with Crippen molar-refractivity contribution < 1.29 is 0 Å². The lowest BCUT2D eigenvalue weighted by molar-refractivity contribution is 0.823. The summed E-state index contributed by atoms with van der Waals surface area (Å²) in [6.07, 6.45) is 2.87. The van der Waals surface area contributed by atoms with Crippen molar-refractivity contribution in [3.63, 3.8) is 0 Å². The lowest BCUT2D eigenvalue weighted by atomic mass is 10.1. The number of imidazole rings is 1. The molecule has 0 bridgehead atoms. The molecule has 0 saturated carbocycles. The Bertz CT molecular complexity index is 754. The molecule has 2 aromatic carbocycles. The number of hydrogen-bond donors (Lipinski definition) is 1. The van der Waals surface area contributed by atoms with Crippen LogP contribution in [-0.2, 0) is 13.0 Å². The molecule has 0 saturated heterocycles. The SMILES string of the molecule is Cc1cc2ncn(Cc3ccc(CCN)cc3)c2cc1C. The Balaban J connectivity index is 1.89. The van der Waals surface area contributed by atoms with E-state index in [0.29, 0.717) is 6.54 Å². The molecule has 3 nitrogen and oxygen atoms in total. The Kier molecular flexibility index (Phi) is 3.76. The van der Waals surface area contributed by atoms with E-state index in [1.807, 2.05) is 6.33 Å². The molecule has 0 unspecified atom stereocenters. The molecule has 0 spiro atoms. The van der Waals surface area contributed by atoms with E-state index in [1.165, 1.54) is 27.8 Å². The van der Waals surface area contributed by atoms with E-state index in [2.05, 4.69) is 59.8 Å². The van der Waals surface area contributed by atoms with Gasteiger partial charge in [0.05, 0.1) is 17.4 Å². The molecular formula is C18H21N3. The zero-order valence-corrected chi connectivity index (χ0v) is 12.6. The zero-order valence-electron chi connectivity index (χ0n) is 12.6. The topological polar surface area (TPSA) is 43.8 Å². The van der Waals surface area contributed by atoms with Crippen LogP contribution < -0.4 is 5.73 Å². The van der Waals surface area contributed by atoms with Gasteiger partial charge in [0.1, 0.15) is 0 Å². The molecule has 0 aliphatic carbocycles. The van der Waals surface area contributed by atoms with Gasteiger partial charge in [0, 0.05) is 6.54 Å². The summed E-state index contributed by atoms with van der Waals surface area (Å²) in [5, 5.41) is 0. The minimum absolute atomic E-state index is 0.699. The summed E-state index contributed by atoms with van der Waals surface area (Å²) in [5.41, 5.74) is 13.0. The van der Waals surface area contributed by atoms with E-state index in [0.717, 1.165) is 18.5 Å². The van der Waals surface area contributed by atoms with Crippen molar-refractivity contribution in [2.45, 2.75) is 26.8 Å². The summed E-state index contributed by atoms with van der Waals surface area (Å²) in [6, 6.07) is 13.1. The first kappa shape index (κ1) is 13.8. The minimum atomic E-state index is 0.699. The fraction of sp³-hybridized carbons (Fsp3) is 0.278. The Labute approximate surface area is 125 Å². The van der Waals surface area contributed by atoms with Crippen molar-refractivity contribution in [3.05, 3.63) is 65.0 Å². The van der Waals surface area contributed by atoms with E-state index in [9.17, 15) is 0 Å². The maximum absolute atomic E-state index is 5.58. The van der Waals surface area contributed by atoms with Gasteiger partial charge in [-0.1, -0.05) is 24.3 Å². The zero-order chi connectivity index (χ0) is 14.8. The maximum Gasteiger partial charge on any atom is 0.0961 e. The molecule has 3 heteroatoms. The number of hydrogen-bond acceptors (Lipinski definition) is 2. The molecular weight excluding hydrogens is 258 g/mol. The standard InChI is InChI=1S/C18H21N3/c1-13-9-17-18(10-14(13)2)21(12-20-17)11-16-5-3-15(4-6-16)7-8-19/h3-6,9-10,12H,7-8,11,19H2,1-2H3. The molecule has 0 amide bonds. The van der Waals surface area contributed by atoms with Gasteiger partial charge in [0.2, 0.25) is 0 Å². The second-order valence-corrected chi connectivity index (χ2v) is 5.65. The van der Waals surface area contributed by atoms with Crippen LogP contribution in [0.25, 0.3) is 11.0 Å². The number of benzene rings is 2. The predicted octanol–water partition coefficient (Wildman–Crippen LogP) is 3.20. The van der Waals surface area contributed by atoms with E-state index in [1.54, 1.807) is 0 Å². The lowest BCUT2D eigenvalue weighted by Gasteiger charge is -2.07. The summed E-state index contributed by atoms with van der Waals surface area (Å²) < 4.78 is 2.21. The first-order valence-electron chi connectivity index (χ1n) is 7.37. The molecule has 2 N–H and O–H groups in total. The molecule has 0 fully saturated rings. The fourth-order valence-electron chi connectivity index (χ4n) is 2.61.